The summed E-state index contributed by atoms with van der Waals surface area (Å²) in [6.45, 7) is 7.61. The van der Waals surface area contributed by atoms with E-state index < -0.39 is 0 Å². The maximum atomic E-state index is 3.77. The first-order valence-electron chi connectivity index (χ1n) is 7.24. The Morgan fingerprint density at radius 2 is 1.94 bits per heavy atom. The van der Waals surface area contributed by atoms with Gasteiger partial charge in [0.25, 0.3) is 0 Å². The van der Waals surface area contributed by atoms with Gasteiger partial charge in [-0.25, -0.2) is 0 Å². The highest BCUT2D eigenvalue weighted by Crippen LogP contribution is 2.41. The summed E-state index contributed by atoms with van der Waals surface area (Å²) in [7, 11) is 0. The third-order valence-electron chi connectivity index (χ3n) is 4.98. The number of piperazine rings is 1. The number of rotatable bonds is 3. The summed E-state index contributed by atoms with van der Waals surface area (Å²) in [5.74, 6) is 1.99. The molecule has 0 aromatic rings. The van der Waals surface area contributed by atoms with Crippen molar-refractivity contribution in [2.24, 2.45) is 11.8 Å². The molecule has 0 aromatic carbocycles. The third-order valence-corrected chi connectivity index (χ3v) is 4.98. The van der Waals surface area contributed by atoms with E-state index in [0.29, 0.717) is 5.54 Å². The van der Waals surface area contributed by atoms with E-state index in [0.717, 1.165) is 11.8 Å². The van der Waals surface area contributed by atoms with Gasteiger partial charge in [-0.3, -0.25) is 4.90 Å². The summed E-state index contributed by atoms with van der Waals surface area (Å²) in [6, 6.07) is 0. The first-order chi connectivity index (χ1) is 7.76. The van der Waals surface area contributed by atoms with Gasteiger partial charge in [0.1, 0.15) is 0 Å². The number of hydrogen-bond donors (Lipinski definition) is 1. The van der Waals surface area contributed by atoms with Crippen LogP contribution in [0.5, 0.6) is 0 Å². The zero-order valence-corrected chi connectivity index (χ0v) is 10.7. The van der Waals surface area contributed by atoms with E-state index in [-0.39, 0.29) is 0 Å². The van der Waals surface area contributed by atoms with E-state index in [1.54, 1.807) is 0 Å². The van der Waals surface area contributed by atoms with Crippen molar-refractivity contribution in [1.29, 1.82) is 0 Å². The lowest BCUT2D eigenvalue weighted by Gasteiger charge is -2.42. The van der Waals surface area contributed by atoms with Crippen LogP contribution in [0.4, 0.5) is 0 Å². The molecule has 1 heterocycles. The highest BCUT2D eigenvalue weighted by Gasteiger charge is 2.43. The van der Waals surface area contributed by atoms with Crippen molar-refractivity contribution in [2.75, 3.05) is 26.2 Å². The van der Waals surface area contributed by atoms with E-state index in [1.165, 1.54) is 64.7 Å². The molecular formula is C14H26N2. The minimum absolute atomic E-state index is 0.441. The largest absolute Gasteiger partial charge is 0.309 e. The molecule has 0 amide bonds. The second-order valence-electron chi connectivity index (χ2n) is 6.50. The summed E-state index contributed by atoms with van der Waals surface area (Å²) in [6.07, 6.45) is 8.86. The Labute approximate surface area is 99.8 Å². The Morgan fingerprint density at radius 3 is 2.62 bits per heavy atom. The molecule has 0 radical (unpaired) electrons. The average Bonchev–Trinajstić information content (AvgIpc) is 3.01. The highest BCUT2D eigenvalue weighted by molar-refractivity contribution is 5.02. The van der Waals surface area contributed by atoms with E-state index in [2.05, 4.69) is 17.1 Å². The van der Waals surface area contributed by atoms with Crippen LogP contribution in [0.25, 0.3) is 0 Å². The molecule has 3 aliphatic rings. The van der Waals surface area contributed by atoms with E-state index >= 15 is 0 Å². The Kier molecular flexibility index (Phi) is 2.97. The zero-order chi connectivity index (χ0) is 11.0. The molecular weight excluding hydrogens is 196 g/mol. The molecule has 2 heteroatoms. The van der Waals surface area contributed by atoms with Gasteiger partial charge in [0, 0.05) is 31.7 Å². The average molecular weight is 222 g/mol. The van der Waals surface area contributed by atoms with Crippen molar-refractivity contribution in [1.82, 2.24) is 10.2 Å². The lowest BCUT2D eigenvalue weighted by Crippen LogP contribution is -2.60. The standard InChI is InChI=1S/C14H26N2/c1-14(13-6-7-13)11-16(9-8-15-14)10-12-4-2-3-5-12/h12-13,15H,2-11H2,1H3. The molecule has 2 saturated carbocycles. The molecule has 2 aliphatic carbocycles. The molecule has 92 valence electrons. The Balaban J connectivity index is 1.54. The second-order valence-corrected chi connectivity index (χ2v) is 6.50. The SMILES string of the molecule is CC1(C2CC2)CN(CC2CCCC2)CCN1. The van der Waals surface area contributed by atoms with Crippen LogP contribution in [0, 0.1) is 11.8 Å². The van der Waals surface area contributed by atoms with Crippen molar-refractivity contribution in [3.63, 3.8) is 0 Å². The topological polar surface area (TPSA) is 15.3 Å². The van der Waals surface area contributed by atoms with Crippen LogP contribution in [0.2, 0.25) is 0 Å². The van der Waals surface area contributed by atoms with Gasteiger partial charge in [-0.1, -0.05) is 12.8 Å². The first-order valence-corrected chi connectivity index (χ1v) is 7.24. The fourth-order valence-electron chi connectivity index (χ4n) is 3.81. The summed E-state index contributed by atoms with van der Waals surface area (Å²) >= 11 is 0. The van der Waals surface area contributed by atoms with E-state index in [9.17, 15) is 0 Å². The van der Waals surface area contributed by atoms with Crippen LogP contribution >= 0.6 is 0 Å². The number of hydrogen-bond acceptors (Lipinski definition) is 2. The van der Waals surface area contributed by atoms with Crippen LogP contribution in [-0.2, 0) is 0 Å². The Bertz CT molecular complexity index is 243. The molecule has 2 nitrogen and oxygen atoms in total. The first kappa shape index (κ1) is 11.0. The minimum atomic E-state index is 0.441. The maximum absolute atomic E-state index is 3.77. The Hall–Kier alpha value is -0.0800. The van der Waals surface area contributed by atoms with E-state index in [1.807, 2.05) is 0 Å². The molecule has 16 heavy (non-hydrogen) atoms. The molecule has 3 rings (SSSR count). The van der Waals surface area contributed by atoms with Gasteiger partial charge in [0.2, 0.25) is 0 Å². The highest BCUT2D eigenvalue weighted by atomic mass is 15.2. The van der Waals surface area contributed by atoms with Gasteiger partial charge < -0.3 is 5.32 Å². The van der Waals surface area contributed by atoms with Crippen molar-refractivity contribution in [2.45, 2.75) is 51.0 Å². The smallest absolute Gasteiger partial charge is 0.0309 e. The number of nitrogens with one attached hydrogen (secondary N) is 1. The molecule has 0 bridgehead atoms. The van der Waals surface area contributed by atoms with Gasteiger partial charge in [-0.05, 0) is 44.4 Å². The van der Waals surface area contributed by atoms with E-state index in [4.69, 9.17) is 0 Å². The summed E-state index contributed by atoms with van der Waals surface area (Å²) < 4.78 is 0. The van der Waals surface area contributed by atoms with Gasteiger partial charge in [0.15, 0.2) is 0 Å². The molecule has 0 spiro atoms. The van der Waals surface area contributed by atoms with Gasteiger partial charge >= 0.3 is 0 Å². The van der Waals surface area contributed by atoms with Crippen LogP contribution < -0.4 is 5.32 Å². The molecule has 1 N–H and O–H groups in total. The maximum Gasteiger partial charge on any atom is 0.0309 e. The van der Waals surface area contributed by atoms with Crippen molar-refractivity contribution >= 4 is 0 Å². The monoisotopic (exact) mass is 222 g/mol. The van der Waals surface area contributed by atoms with Crippen molar-refractivity contribution in [3.05, 3.63) is 0 Å². The van der Waals surface area contributed by atoms with Crippen LogP contribution in [0.15, 0.2) is 0 Å². The number of nitrogens with zero attached hydrogens (tertiary/aromatic N) is 1. The molecule has 1 aliphatic heterocycles. The predicted octanol–water partition coefficient (Wildman–Crippen LogP) is 2.25. The molecule has 3 fully saturated rings. The fourth-order valence-corrected chi connectivity index (χ4v) is 3.81. The van der Waals surface area contributed by atoms with Crippen LogP contribution in [-0.4, -0.2) is 36.6 Å². The third kappa shape index (κ3) is 2.28. The lowest BCUT2D eigenvalue weighted by molar-refractivity contribution is 0.112. The molecule has 0 aromatic heterocycles. The summed E-state index contributed by atoms with van der Waals surface area (Å²) in [4.78, 5) is 2.74. The van der Waals surface area contributed by atoms with Crippen LogP contribution in [0.1, 0.15) is 45.4 Å². The fraction of sp³-hybridized carbons (Fsp3) is 1.00. The Morgan fingerprint density at radius 1 is 1.19 bits per heavy atom. The van der Waals surface area contributed by atoms with Gasteiger partial charge in [-0.2, -0.15) is 0 Å². The molecule has 1 saturated heterocycles. The summed E-state index contributed by atoms with van der Waals surface area (Å²) in [5, 5.41) is 3.77. The molecule has 1 unspecified atom stereocenters. The van der Waals surface area contributed by atoms with Crippen LogP contribution in [0.3, 0.4) is 0 Å². The van der Waals surface area contributed by atoms with Crippen molar-refractivity contribution < 1.29 is 0 Å². The predicted molar refractivity (Wildman–Crippen MR) is 67.5 cm³/mol. The molecule has 1 atom stereocenters. The van der Waals surface area contributed by atoms with Gasteiger partial charge in [0.05, 0.1) is 0 Å². The zero-order valence-electron chi connectivity index (χ0n) is 10.7. The van der Waals surface area contributed by atoms with Crippen molar-refractivity contribution in [3.8, 4) is 0 Å². The quantitative estimate of drug-likeness (QED) is 0.788. The lowest BCUT2D eigenvalue weighted by atomic mass is 9.92. The van der Waals surface area contributed by atoms with Gasteiger partial charge in [-0.15, -0.1) is 0 Å². The summed E-state index contributed by atoms with van der Waals surface area (Å²) in [5.41, 5.74) is 0.441. The second kappa shape index (κ2) is 4.30. The normalized spacial score (nSPS) is 38.1. The minimum Gasteiger partial charge on any atom is -0.309 e.